The Morgan fingerprint density at radius 1 is 0.871 bits per heavy atom. The number of carbonyl (C=O) groups excluding carboxylic acids is 2. The number of amides is 2. The molecule has 0 aromatic heterocycles. The Bertz CT molecular complexity index is 1140. The van der Waals surface area contributed by atoms with Gasteiger partial charge in [-0.25, -0.2) is 5.43 Å². The van der Waals surface area contributed by atoms with Crippen LogP contribution in [0, 0.1) is 10.1 Å². The van der Waals surface area contributed by atoms with Crippen LogP contribution in [0.4, 0.5) is 5.69 Å². The summed E-state index contributed by atoms with van der Waals surface area (Å²) in [5, 5.41) is 17.3. The van der Waals surface area contributed by atoms with Crippen molar-refractivity contribution in [2.24, 2.45) is 5.10 Å². The summed E-state index contributed by atoms with van der Waals surface area (Å²) in [6, 6.07) is 23.3. The number of benzene rings is 3. The SMILES string of the molecule is O=C(N/N=C\c1cccc([N+](=O)[O-])c1)/C(=C/c1ccccc1)NC(=O)c1ccccc1. The van der Waals surface area contributed by atoms with Crippen LogP contribution >= 0.6 is 0 Å². The van der Waals surface area contributed by atoms with E-state index in [9.17, 15) is 19.7 Å². The van der Waals surface area contributed by atoms with Crippen molar-refractivity contribution in [3.05, 3.63) is 117 Å². The van der Waals surface area contributed by atoms with Gasteiger partial charge in [-0.1, -0.05) is 60.7 Å². The van der Waals surface area contributed by atoms with Gasteiger partial charge in [0.15, 0.2) is 0 Å². The lowest BCUT2D eigenvalue weighted by Crippen LogP contribution is -2.32. The summed E-state index contributed by atoms with van der Waals surface area (Å²) in [6.45, 7) is 0. The van der Waals surface area contributed by atoms with E-state index in [2.05, 4.69) is 15.8 Å². The predicted octanol–water partition coefficient (Wildman–Crippen LogP) is 3.52. The van der Waals surface area contributed by atoms with Gasteiger partial charge in [0.25, 0.3) is 17.5 Å². The van der Waals surface area contributed by atoms with Crippen molar-refractivity contribution in [2.75, 3.05) is 0 Å². The first kappa shape index (κ1) is 21.1. The highest BCUT2D eigenvalue weighted by atomic mass is 16.6. The smallest absolute Gasteiger partial charge is 0.287 e. The van der Waals surface area contributed by atoms with Gasteiger partial charge in [0.05, 0.1) is 11.1 Å². The molecule has 0 bridgehead atoms. The van der Waals surface area contributed by atoms with E-state index in [0.717, 1.165) is 0 Å². The Morgan fingerprint density at radius 2 is 1.52 bits per heavy atom. The Labute approximate surface area is 178 Å². The third-order valence-corrected chi connectivity index (χ3v) is 4.10. The molecule has 8 nitrogen and oxygen atoms in total. The first-order chi connectivity index (χ1) is 15.0. The normalized spacial score (nSPS) is 11.2. The molecule has 0 saturated heterocycles. The number of nitrogens with one attached hydrogen (secondary N) is 2. The van der Waals surface area contributed by atoms with E-state index in [4.69, 9.17) is 0 Å². The average molecular weight is 414 g/mol. The predicted molar refractivity (Wildman–Crippen MR) is 117 cm³/mol. The number of hydrogen-bond donors (Lipinski definition) is 2. The van der Waals surface area contributed by atoms with Gasteiger partial charge < -0.3 is 5.32 Å². The lowest BCUT2D eigenvalue weighted by atomic mass is 10.1. The number of nitro groups is 1. The maximum atomic E-state index is 12.7. The van der Waals surface area contributed by atoms with Gasteiger partial charge in [0.1, 0.15) is 5.70 Å². The third-order valence-electron chi connectivity index (χ3n) is 4.10. The Morgan fingerprint density at radius 3 is 2.19 bits per heavy atom. The Kier molecular flexibility index (Phi) is 6.99. The molecule has 0 aliphatic carbocycles. The van der Waals surface area contributed by atoms with Crippen molar-refractivity contribution in [1.29, 1.82) is 0 Å². The molecule has 0 aliphatic rings. The highest BCUT2D eigenvalue weighted by Gasteiger charge is 2.14. The van der Waals surface area contributed by atoms with E-state index in [1.54, 1.807) is 60.7 Å². The molecule has 0 saturated carbocycles. The molecule has 0 fully saturated rings. The molecular formula is C23H18N4O4. The zero-order valence-electron chi connectivity index (χ0n) is 16.3. The van der Waals surface area contributed by atoms with Gasteiger partial charge >= 0.3 is 0 Å². The fourth-order valence-corrected chi connectivity index (χ4v) is 2.60. The van der Waals surface area contributed by atoms with E-state index in [1.165, 1.54) is 30.5 Å². The third kappa shape index (κ3) is 6.20. The molecule has 0 heterocycles. The maximum absolute atomic E-state index is 12.7. The quantitative estimate of drug-likeness (QED) is 0.266. The summed E-state index contributed by atoms with van der Waals surface area (Å²) in [5.41, 5.74) is 3.79. The number of nitro benzene ring substituents is 1. The van der Waals surface area contributed by atoms with Crippen LogP contribution in [0.1, 0.15) is 21.5 Å². The van der Waals surface area contributed by atoms with Crippen LogP contribution in [0.15, 0.2) is 95.7 Å². The molecule has 2 N–H and O–H groups in total. The Balaban J connectivity index is 1.77. The molecule has 154 valence electrons. The van der Waals surface area contributed by atoms with Gasteiger partial charge in [-0.3, -0.25) is 19.7 Å². The second-order valence-corrected chi connectivity index (χ2v) is 6.34. The number of nitrogens with zero attached hydrogens (tertiary/aromatic N) is 2. The van der Waals surface area contributed by atoms with E-state index in [0.29, 0.717) is 16.7 Å². The molecule has 0 unspecified atom stereocenters. The summed E-state index contributed by atoms with van der Waals surface area (Å²) in [5.74, 6) is -1.09. The number of hydrogen-bond acceptors (Lipinski definition) is 5. The molecule has 0 radical (unpaired) electrons. The van der Waals surface area contributed by atoms with Crippen LogP contribution in [0.25, 0.3) is 6.08 Å². The fourth-order valence-electron chi connectivity index (χ4n) is 2.60. The molecule has 2 amide bonds. The highest BCUT2D eigenvalue weighted by molar-refractivity contribution is 6.05. The topological polar surface area (TPSA) is 114 Å². The molecule has 0 spiro atoms. The van der Waals surface area contributed by atoms with Crippen LogP contribution in [-0.2, 0) is 4.79 Å². The van der Waals surface area contributed by atoms with Crippen LogP contribution in [0.3, 0.4) is 0 Å². The number of hydrazone groups is 1. The first-order valence-corrected chi connectivity index (χ1v) is 9.24. The summed E-state index contributed by atoms with van der Waals surface area (Å²) >= 11 is 0. The van der Waals surface area contributed by atoms with Gasteiger partial charge in [-0.2, -0.15) is 5.10 Å². The van der Waals surface area contributed by atoms with E-state index in [1.807, 2.05) is 6.07 Å². The van der Waals surface area contributed by atoms with Gasteiger partial charge in [0, 0.05) is 23.3 Å². The molecular weight excluding hydrogens is 396 g/mol. The minimum atomic E-state index is -0.644. The molecule has 0 atom stereocenters. The summed E-state index contributed by atoms with van der Waals surface area (Å²) in [7, 11) is 0. The van der Waals surface area contributed by atoms with Crippen molar-refractivity contribution >= 4 is 29.8 Å². The van der Waals surface area contributed by atoms with Crippen LogP contribution in [0.5, 0.6) is 0 Å². The summed E-state index contributed by atoms with van der Waals surface area (Å²) < 4.78 is 0. The number of non-ortho nitro benzene ring substituents is 1. The minimum Gasteiger partial charge on any atom is -0.317 e. The van der Waals surface area contributed by atoms with Crippen LogP contribution < -0.4 is 10.7 Å². The molecule has 3 aromatic carbocycles. The second-order valence-electron chi connectivity index (χ2n) is 6.34. The largest absolute Gasteiger partial charge is 0.317 e. The van der Waals surface area contributed by atoms with Crippen molar-refractivity contribution in [2.45, 2.75) is 0 Å². The highest BCUT2D eigenvalue weighted by Crippen LogP contribution is 2.11. The fraction of sp³-hybridized carbons (Fsp3) is 0. The lowest BCUT2D eigenvalue weighted by molar-refractivity contribution is -0.384. The zero-order valence-corrected chi connectivity index (χ0v) is 16.3. The number of carbonyl (C=O) groups is 2. The summed E-state index contributed by atoms with van der Waals surface area (Å²) in [6.07, 6.45) is 2.81. The number of rotatable bonds is 7. The average Bonchev–Trinajstić information content (AvgIpc) is 2.80. The molecule has 3 rings (SSSR count). The Hall–Kier alpha value is -4.59. The molecule has 31 heavy (non-hydrogen) atoms. The van der Waals surface area contributed by atoms with Gasteiger partial charge in [0.2, 0.25) is 0 Å². The molecule has 0 aliphatic heterocycles. The maximum Gasteiger partial charge on any atom is 0.287 e. The van der Waals surface area contributed by atoms with Crippen LogP contribution in [-0.4, -0.2) is 23.0 Å². The van der Waals surface area contributed by atoms with E-state index < -0.39 is 16.7 Å². The lowest BCUT2D eigenvalue weighted by Gasteiger charge is -2.09. The molecule has 3 aromatic rings. The van der Waals surface area contributed by atoms with Crippen molar-refractivity contribution in [1.82, 2.24) is 10.7 Å². The van der Waals surface area contributed by atoms with Crippen molar-refractivity contribution < 1.29 is 14.5 Å². The van der Waals surface area contributed by atoms with E-state index >= 15 is 0 Å². The van der Waals surface area contributed by atoms with Crippen molar-refractivity contribution in [3.63, 3.8) is 0 Å². The van der Waals surface area contributed by atoms with Gasteiger partial charge in [-0.05, 0) is 23.8 Å². The first-order valence-electron chi connectivity index (χ1n) is 9.24. The summed E-state index contributed by atoms with van der Waals surface area (Å²) in [4.78, 5) is 35.5. The minimum absolute atomic E-state index is 0.00348. The van der Waals surface area contributed by atoms with E-state index in [-0.39, 0.29) is 11.4 Å². The molecule has 8 heteroatoms. The van der Waals surface area contributed by atoms with Crippen molar-refractivity contribution in [3.8, 4) is 0 Å². The van der Waals surface area contributed by atoms with Gasteiger partial charge in [-0.15, -0.1) is 0 Å². The zero-order chi connectivity index (χ0) is 22.1. The standard InChI is InChI=1S/C23H18N4O4/c28-22(19-11-5-2-6-12-19)25-21(15-17-8-3-1-4-9-17)23(29)26-24-16-18-10-7-13-20(14-18)27(30)31/h1-16H,(H,25,28)(H,26,29)/b21-15-,24-16-. The van der Waals surface area contributed by atoms with Crippen LogP contribution in [0.2, 0.25) is 0 Å². The second kappa shape index (κ2) is 10.3. The monoisotopic (exact) mass is 414 g/mol.